The number of nitrogens with one attached hydrogen (secondary N) is 1. The van der Waals surface area contributed by atoms with Gasteiger partial charge in [0, 0.05) is 42.5 Å². The van der Waals surface area contributed by atoms with Gasteiger partial charge in [-0.2, -0.15) is 0 Å². The SMILES string of the molecule is CCNC(=O)Cc1c(C)nc([C@H]2CCN(C(=O)c3cccc(OC)c3OC)C2)nc1C. The molecule has 1 atom stereocenters. The molecular weight excluding hydrogens is 396 g/mol. The van der Waals surface area contributed by atoms with Crippen LogP contribution in [-0.2, 0) is 11.2 Å². The zero-order chi connectivity index (χ0) is 22.5. The number of rotatable bonds is 7. The molecule has 2 heterocycles. The van der Waals surface area contributed by atoms with E-state index in [0.29, 0.717) is 36.7 Å². The Morgan fingerprint density at radius 2 is 1.87 bits per heavy atom. The van der Waals surface area contributed by atoms with Gasteiger partial charge in [0.2, 0.25) is 5.91 Å². The van der Waals surface area contributed by atoms with E-state index in [1.807, 2.05) is 20.8 Å². The van der Waals surface area contributed by atoms with Crippen molar-refractivity contribution < 1.29 is 19.1 Å². The number of methoxy groups -OCH3 is 2. The molecule has 0 spiro atoms. The molecule has 0 saturated carbocycles. The Morgan fingerprint density at radius 3 is 2.48 bits per heavy atom. The lowest BCUT2D eigenvalue weighted by Crippen LogP contribution is -2.29. The number of nitrogens with zero attached hydrogens (tertiary/aromatic N) is 3. The van der Waals surface area contributed by atoms with Gasteiger partial charge < -0.3 is 19.7 Å². The van der Waals surface area contributed by atoms with E-state index in [-0.39, 0.29) is 24.2 Å². The van der Waals surface area contributed by atoms with Crippen LogP contribution in [0.25, 0.3) is 0 Å². The molecule has 1 N–H and O–H groups in total. The highest BCUT2D eigenvalue weighted by Gasteiger charge is 2.32. The Bertz CT molecular complexity index is 953. The molecule has 8 heteroatoms. The van der Waals surface area contributed by atoms with Gasteiger partial charge in [-0.3, -0.25) is 9.59 Å². The molecule has 1 aromatic heterocycles. The van der Waals surface area contributed by atoms with Gasteiger partial charge in [-0.1, -0.05) is 6.07 Å². The summed E-state index contributed by atoms with van der Waals surface area (Å²) >= 11 is 0. The van der Waals surface area contributed by atoms with Crippen LogP contribution in [0.2, 0.25) is 0 Å². The maximum Gasteiger partial charge on any atom is 0.257 e. The van der Waals surface area contributed by atoms with E-state index in [2.05, 4.69) is 15.3 Å². The van der Waals surface area contributed by atoms with Crippen LogP contribution in [0.15, 0.2) is 18.2 Å². The van der Waals surface area contributed by atoms with Crippen molar-refractivity contribution in [3.63, 3.8) is 0 Å². The number of hydrogen-bond donors (Lipinski definition) is 1. The molecule has 0 unspecified atom stereocenters. The average molecular weight is 427 g/mol. The molecule has 2 aromatic rings. The van der Waals surface area contributed by atoms with E-state index >= 15 is 0 Å². The van der Waals surface area contributed by atoms with E-state index in [9.17, 15) is 9.59 Å². The molecule has 0 aliphatic carbocycles. The summed E-state index contributed by atoms with van der Waals surface area (Å²) < 4.78 is 10.7. The van der Waals surface area contributed by atoms with Crippen molar-refractivity contribution in [2.45, 2.75) is 39.5 Å². The van der Waals surface area contributed by atoms with Gasteiger partial charge in [-0.15, -0.1) is 0 Å². The summed E-state index contributed by atoms with van der Waals surface area (Å²) in [5, 5.41) is 2.81. The van der Waals surface area contributed by atoms with Gasteiger partial charge in [0.05, 0.1) is 26.2 Å². The summed E-state index contributed by atoms with van der Waals surface area (Å²) in [6.45, 7) is 7.46. The number of carbonyl (C=O) groups excluding carboxylic acids is 2. The highest BCUT2D eigenvalue weighted by atomic mass is 16.5. The van der Waals surface area contributed by atoms with E-state index in [1.54, 1.807) is 30.2 Å². The summed E-state index contributed by atoms with van der Waals surface area (Å²) in [4.78, 5) is 36.3. The zero-order valence-electron chi connectivity index (χ0n) is 18.8. The molecule has 1 fully saturated rings. The lowest BCUT2D eigenvalue weighted by atomic mass is 10.0. The number of likely N-dealkylation sites (tertiary alicyclic amines) is 1. The molecule has 166 valence electrons. The maximum absolute atomic E-state index is 13.1. The molecule has 1 aliphatic rings. The fraction of sp³-hybridized carbons (Fsp3) is 0.478. The lowest BCUT2D eigenvalue weighted by Gasteiger charge is -2.19. The summed E-state index contributed by atoms with van der Waals surface area (Å²) in [5.41, 5.74) is 2.97. The molecule has 1 aromatic carbocycles. The standard InChI is InChI=1S/C23H30N4O4/c1-6-24-20(28)12-18-14(2)25-22(26-15(18)3)16-10-11-27(13-16)23(29)17-8-7-9-19(30-4)21(17)31-5/h7-9,16H,6,10-13H2,1-5H3,(H,24,28)/t16-/m0/s1. The van der Waals surface area contributed by atoms with Gasteiger partial charge in [0.25, 0.3) is 5.91 Å². The quantitative estimate of drug-likeness (QED) is 0.731. The van der Waals surface area contributed by atoms with Crippen molar-refractivity contribution >= 4 is 11.8 Å². The minimum absolute atomic E-state index is 0.0325. The Hall–Kier alpha value is -3.16. The lowest BCUT2D eigenvalue weighted by molar-refractivity contribution is -0.120. The second kappa shape index (κ2) is 9.76. The summed E-state index contributed by atoms with van der Waals surface area (Å²) in [6, 6.07) is 5.30. The Kier molecular flexibility index (Phi) is 7.09. The largest absolute Gasteiger partial charge is 0.493 e. The molecule has 0 radical (unpaired) electrons. The summed E-state index contributed by atoms with van der Waals surface area (Å²) in [7, 11) is 3.08. The average Bonchev–Trinajstić information content (AvgIpc) is 3.25. The molecule has 0 bridgehead atoms. The normalized spacial score (nSPS) is 15.6. The number of benzene rings is 1. The number of para-hydroxylation sites is 1. The van der Waals surface area contributed by atoms with Crippen molar-refractivity contribution in [3.8, 4) is 11.5 Å². The minimum atomic E-state index is -0.0976. The minimum Gasteiger partial charge on any atom is -0.493 e. The van der Waals surface area contributed by atoms with Crippen LogP contribution >= 0.6 is 0 Å². The molecule has 1 saturated heterocycles. The van der Waals surface area contributed by atoms with Crippen molar-refractivity contribution in [3.05, 3.63) is 46.5 Å². The first-order valence-corrected chi connectivity index (χ1v) is 10.5. The number of likely N-dealkylation sites (N-methyl/N-ethyl adjacent to an activating group) is 1. The van der Waals surface area contributed by atoms with Crippen LogP contribution in [0.5, 0.6) is 11.5 Å². The molecular formula is C23H30N4O4. The van der Waals surface area contributed by atoms with Gasteiger partial charge in [-0.25, -0.2) is 9.97 Å². The van der Waals surface area contributed by atoms with E-state index in [4.69, 9.17) is 9.47 Å². The van der Waals surface area contributed by atoms with E-state index < -0.39 is 0 Å². The van der Waals surface area contributed by atoms with E-state index in [1.165, 1.54) is 7.11 Å². The molecule has 2 amide bonds. The Labute approximate surface area is 183 Å². The van der Waals surface area contributed by atoms with E-state index in [0.717, 1.165) is 29.2 Å². The summed E-state index contributed by atoms with van der Waals surface area (Å²) in [6.07, 6.45) is 1.06. The fourth-order valence-electron chi connectivity index (χ4n) is 4.01. The predicted molar refractivity (Wildman–Crippen MR) is 117 cm³/mol. The zero-order valence-corrected chi connectivity index (χ0v) is 18.8. The number of carbonyl (C=O) groups is 2. The highest BCUT2D eigenvalue weighted by molar-refractivity contribution is 5.98. The van der Waals surface area contributed by atoms with Crippen molar-refractivity contribution in [1.82, 2.24) is 20.2 Å². The third-order valence-corrected chi connectivity index (χ3v) is 5.62. The van der Waals surface area contributed by atoms with Crippen molar-refractivity contribution in [2.75, 3.05) is 33.9 Å². The third kappa shape index (κ3) is 4.78. The second-order valence-corrected chi connectivity index (χ2v) is 7.64. The van der Waals surface area contributed by atoms with Gasteiger partial charge >= 0.3 is 0 Å². The van der Waals surface area contributed by atoms with Crippen LogP contribution in [0, 0.1) is 13.8 Å². The van der Waals surface area contributed by atoms with Gasteiger partial charge in [0.1, 0.15) is 5.82 Å². The predicted octanol–water partition coefficient (Wildman–Crippen LogP) is 2.42. The van der Waals surface area contributed by atoms with Gasteiger partial charge in [0.15, 0.2) is 11.5 Å². The third-order valence-electron chi connectivity index (χ3n) is 5.62. The Balaban J connectivity index is 1.77. The number of hydrogen-bond acceptors (Lipinski definition) is 6. The first-order chi connectivity index (χ1) is 14.9. The first kappa shape index (κ1) is 22.5. The van der Waals surface area contributed by atoms with Crippen molar-refractivity contribution in [2.24, 2.45) is 0 Å². The molecule has 3 rings (SSSR count). The molecule has 8 nitrogen and oxygen atoms in total. The van der Waals surface area contributed by atoms with Crippen LogP contribution in [0.3, 0.4) is 0 Å². The molecule has 31 heavy (non-hydrogen) atoms. The second-order valence-electron chi connectivity index (χ2n) is 7.64. The van der Waals surface area contributed by atoms with Crippen LogP contribution in [0.4, 0.5) is 0 Å². The fourth-order valence-corrected chi connectivity index (χ4v) is 4.01. The van der Waals surface area contributed by atoms with Crippen LogP contribution < -0.4 is 14.8 Å². The van der Waals surface area contributed by atoms with Gasteiger partial charge in [-0.05, 0) is 39.3 Å². The smallest absolute Gasteiger partial charge is 0.257 e. The highest BCUT2D eigenvalue weighted by Crippen LogP contribution is 2.34. The number of amides is 2. The van der Waals surface area contributed by atoms with Crippen LogP contribution in [-0.4, -0.2) is 60.5 Å². The van der Waals surface area contributed by atoms with Crippen molar-refractivity contribution in [1.29, 1.82) is 0 Å². The molecule has 1 aliphatic heterocycles. The first-order valence-electron chi connectivity index (χ1n) is 10.5. The summed E-state index contributed by atoms with van der Waals surface area (Å²) in [5.74, 6) is 1.62. The number of ether oxygens (including phenoxy) is 2. The Morgan fingerprint density at radius 1 is 1.16 bits per heavy atom. The number of aryl methyl sites for hydroxylation is 2. The maximum atomic E-state index is 13.1. The topological polar surface area (TPSA) is 93.7 Å². The van der Waals surface area contributed by atoms with Crippen LogP contribution in [0.1, 0.15) is 52.4 Å². The monoisotopic (exact) mass is 426 g/mol. The number of aromatic nitrogens is 2.